The fraction of sp³-hybridized carbons (Fsp3) is 0.583. The summed E-state index contributed by atoms with van der Waals surface area (Å²) in [5.41, 5.74) is 0. The van der Waals surface area contributed by atoms with E-state index in [-0.39, 0.29) is 30.9 Å². The second-order valence-electron chi connectivity index (χ2n) is 4.39. The minimum absolute atomic E-state index is 0. The first kappa shape index (κ1) is 18.1. The van der Waals surface area contributed by atoms with Crippen molar-refractivity contribution in [3.05, 3.63) is 21.3 Å². The molecular weight excluding hydrogens is 339 g/mol. The van der Waals surface area contributed by atoms with Gasteiger partial charge in [-0.15, -0.1) is 23.7 Å². The lowest BCUT2D eigenvalue weighted by Crippen LogP contribution is -2.41. The molecule has 20 heavy (non-hydrogen) atoms. The second kappa shape index (κ2) is 9.12. The van der Waals surface area contributed by atoms with E-state index in [1.165, 1.54) is 11.3 Å². The minimum Gasteiger partial charge on any atom is -0.386 e. The Bertz CT molecular complexity index is 425. The highest BCUT2D eigenvalue weighted by Gasteiger charge is 2.17. The van der Waals surface area contributed by atoms with Crippen molar-refractivity contribution >= 4 is 53.0 Å². The fourth-order valence-corrected chi connectivity index (χ4v) is 3.86. The normalized spacial score (nSPS) is 20.0. The van der Waals surface area contributed by atoms with Crippen LogP contribution in [-0.2, 0) is 4.79 Å². The highest BCUT2D eigenvalue weighted by molar-refractivity contribution is 7.99. The van der Waals surface area contributed by atoms with Crippen LogP contribution in [0.15, 0.2) is 12.1 Å². The van der Waals surface area contributed by atoms with Crippen LogP contribution < -0.4 is 10.6 Å². The average Bonchev–Trinajstić information content (AvgIpc) is 2.84. The number of carbonyl (C=O) groups excluding carboxylic acids is 1. The van der Waals surface area contributed by atoms with E-state index in [1.54, 1.807) is 12.1 Å². The van der Waals surface area contributed by atoms with Gasteiger partial charge in [0.1, 0.15) is 6.10 Å². The number of aliphatic hydroxyl groups is 1. The van der Waals surface area contributed by atoms with Crippen molar-refractivity contribution in [1.82, 2.24) is 10.6 Å². The number of thioether (sulfide) groups is 1. The number of rotatable bonds is 5. The molecule has 1 aromatic heterocycles. The number of amides is 1. The zero-order valence-electron chi connectivity index (χ0n) is 10.8. The van der Waals surface area contributed by atoms with Gasteiger partial charge in [-0.1, -0.05) is 11.6 Å². The van der Waals surface area contributed by atoms with Crippen molar-refractivity contribution in [3.8, 4) is 0 Å². The topological polar surface area (TPSA) is 61.4 Å². The first-order valence-electron chi connectivity index (χ1n) is 6.16. The average molecular weight is 357 g/mol. The summed E-state index contributed by atoms with van der Waals surface area (Å²) in [6.07, 6.45) is -0.222. The summed E-state index contributed by atoms with van der Waals surface area (Å²) in [5, 5.41) is 16.0. The van der Waals surface area contributed by atoms with Crippen LogP contribution in [0.3, 0.4) is 0 Å². The molecule has 1 amide bonds. The van der Waals surface area contributed by atoms with E-state index >= 15 is 0 Å². The molecule has 0 bridgehead atoms. The Morgan fingerprint density at radius 2 is 2.40 bits per heavy atom. The summed E-state index contributed by atoms with van der Waals surface area (Å²) in [7, 11) is 0. The van der Waals surface area contributed by atoms with Crippen LogP contribution in [0.1, 0.15) is 17.4 Å². The maximum absolute atomic E-state index is 11.8. The van der Waals surface area contributed by atoms with Crippen molar-refractivity contribution < 1.29 is 9.90 Å². The Balaban J connectivity index is 0.00000200. The van der Waals surface area contributed by atoms with E-state index in [2.05, 4.69) is 10.6 Å². The lowest BCUT2D eigenvalue weighted by Gasteiger charge is -2.22. The van der Waals surface area contributed by atoms with Crippen LogP contribution in [-0.4, -0.2) is 41.7 Å². The van der Waals surface area contributed by atoms with E-state index < -0.39 is 6.10 Å². The van der Waals surface area contributed by atoms with E-state index in [1.807, 2.05) is 11.8 Å². The molecule has 114 valence electrons. The van der Waals surface area contributed by atoms with Crippen molar-refractivity contribution in [2.75, 3.05) is 24.6 Å². The first-order valence-corrected chi connectivity index (χ1v) is 8.51. The Morgan fingerprint density at radius 3 is 3.00 bits per heavy atom. The molecule has 0 aromatic carbocycles. The lowest BCUT2D eigenvalue weighted by molar-refractivity contribution is -0.121. The quantitative estimate of drug-likeness (QED) is 0.755. The molecule has 1 fully saturated rings. The van der Waals surface area contributed by atoms with Crippen LogP contribution in [0, 0.1) is 0 Å². The first-order chi connectivity index (χ1) is 9.15. The maximum Gasteiger partial charge on any atom is 0.221 e. The molecule has 8 heteroatoms. The van der Waals surface area contributed by atoms with Gasteiger partial charge in [0.25, 0.3) is 0 Å². The molecule has 0 spiro atoms. The van der Waals surface area contributed by atoms with E-state index in [0.717, 1.165) is 22.9 Å². The summed E-state index contributed by atoms with van der Waals surface area (Å²) < 4.78 is 0.642. The summed E-state index contributed by atoms with van der Waals surface area (Å²) in [6, 6.07) is 3.77. The van der Waals surface area contributed by atoms with Crippen molar-refractivity contribution in [2.24, 2.45) is 0 Å². The maximum atomic E-state index is 11.8. The van der Waals surface area contributed by atoms with E-state index in [4.69, 9.17) is 11.6 Å². The number of nitrogens with one attached hydrogen (secondary N) is 2. The van der Waals surface area contributed by atoms with Gasteiger partial charge in [-0.05, 0) is 12.1 Å². The van der Waals surface area contributed by atoms with Crippen LogP contribution in [0.2, 0.25) is 4.34 Å². The SMILES string of the molecule is Cl.O=C(CC1CSCCN1)NCC(O)c1ccc(Cl)s1. The molecule has 1 aromatic rings. The molecule has 4 nitrogen and oxygen atoms in total. The summed E-state index contributed by atoms with van der Waals surface area (Å²) in [5.74, 6) is 2.05. The Hall–Kier alpha value is 0.0200. The molecule has 1 aliphatic heterocycles. The van der Waals surface area contributed by atoms with Gasteiger partial charge >= 0.3 is 0 Å². The monoisotopic (exact) mass is 356 g/mol. The minimum atomic E-state index is -0.685. The number of hydrogen-bond acceptors (Lipinski definition) is 5. The third-order valence-corrected chi connectivity index (χ3v) is 5.31. The van der Waals surface area contributed by atoms with Crippen LogP contribution >= 0.6 is 47.1 Å². The predicted octanol–water partition coefficient (Wildman–Crippen LogP) is 2.07. The largest absolute Gasteiger partial charge is 0.386 e. The van der Waals surface area contributed by atoms with Gasteiger partial charge in [0.2, 0.25) is 5.91 Å². The number of halogens is 2. The molecule has 2 atom stereocenters. The predicted molar refractivity (Wildman–Crippen MR) is 88.3 cm³/mol. The van der Waals surface area contributed by atoms with E-state index in [0.29, 0.717) is 10.8 Å². The molecule has 2 rings (SSSR count). The number of carbonyl (C=O) groups is 1. The number of thiophene rings is 1. The zero-order chi connectivity index (χ0) is 13.7. The summed E-state index contributed by atoms with van der Waals surface area (Å²) in [6.45, 7) is 1.19. The third kappa shape index (κ3) is 5.79. The van der Waals surface area contributed by atoms with Gasteiger partial charge in [0.15, 0.2) is 0 Å². The number of aliphatic hydroxyl groups excluding tert-OH is 1. The zero-order valence-corrected chi connectivity index (χ0v) is 14.0. The second-order valence-corrected chi connectivity index (χ2v) is 7.29. The van der Waals surface area contributed by atoms with Crippen LogP contribution in [0.4, 0.5) is 0 Å². The molecule has 1 aliphatic rings. The van der Waals surface area contributed by atoms with Gasteiger partial charge in [-0.25, -0.2) is 0 Å². The Morgan fingerprint density at radius 1 is 1.60 bits per heavy atom. The van der Waals surface area contributed by atoms with Gasteiger partial charge in [-0.3, -0.25) is 4.79 Å². The summed E-state index contributed by atoms with van der Waals surface area (Å²) in [4.78, 5) is 12.5. The smallest absolute Gasteiger partial charge is 0.221 e. The molecule has 1 saturated heterocycles. The fourth-order valence-electron chi connectivity index (χ4n) is 1.87. The van der Waals surface area contributed by atoms with Gasteiger partial charge in [0, 0.05) is 41.9 Å². The Labute approximate surface area is 138 Å². The molecule has 2 unspecified atom stereocenters. The van der Waals surface area contributed by atoms with Crippen LogP contribution in [0.5, 0.6) is 0 Å². The van der Waals surface area contributed by atoms with E-state index in [9.17, 15) is 9.90 Å². The van der Waals surface area contributed by atoms with Gasteiger partial charge in [-0.2, -0.15) is 11.8 Å². The van der Waals surface area contributed by atoms with Crippen LogP contribution in [0.25, 0.3) is 0 Å². The van der Waals surface area contributed by atoms with Crippen molar-refractivity contribution in [1.29, 1.82) is 0 Å². The molecule has 2 heterocycles. The van der Waals surface area contributed by atoms with Crippen molar-refractivity contribution in [2.45, 2.75) is 18.6 Å². The van der Waals surface area contributed by atoms with Gasteiger partial charge in [0.05, 0.1) is 4.34 Å². The molecule has 0 saturated carbocycles. The van der Waals surface area contributed by atoms with Gasteiger partial charge < -0.3 is 15.7 Å². The third-order valence-electron chi connectivity index (χ3n) is 2.85. The highest BCUT2D eigenvalue weighted by atomic mass is 35.5. The Kier molecular flexibility index (Phi) is 8.24. The molecule has 0 radical (unpaired) electrons. The molecular formula is C12H18Cl2N2O2S2. The summed E-state index contributed by atoms with van der Waals surface area (Å²) >= 11 is 9.00. The van der Waals surface area contributed by atoms with Crippen molar-refractivity contribution in [3.63, 3.8) is 0 Å². The molecule has 3 N–H and O–H groups in total. The lowest BCUT2D eigenvalue weighted by atomic mass is 10.2. The number of hydrogen-bond donors (Lipinski definition) is 3. The highest BCUT2D eigenvalue weighted by Crippen LogP contribution is 2.26. The standard InChI is InChI=1S/C12H17ClN2O2S2.ClH/c13-11-2-1-10(19-11)9(16)6-15-12(17)5-8-7-18-4-3-14-8;/h1-2,8-9,14,16H,3-7H2,(H,15,17);1H. The molecule has 0 aliphatic carbocycles.